The molecule has 1 aliphatic rings. The van der Waals surface area contributed by atoms with Crippen LogP contribution in [0.15, 0.2) is 24.3 Å². The minimum Gasteiger partial charge on any atom is -0.494 e. The molecular weight excluding hydrogens is 444 g/mol. The Morgan fingerprint density at radius 2 is 2.00 bits per heavy atom. The van der Waals surface area contributed by atoms with Gasteiger partial charge in [0.25, 0.3) is 5.91 Å². The Morgan fingerprint density at radius 3 is 2.73 bits per heavy atom. The normalized spacial score (nSPS) is 12.6. The molecule has 0 bridgehead atoms. The van der Waals surface area contributed by atoms with Crippen LogP contribution in [0.3, 0.4) is 0 Å². The molecule has 1 aromatic heterocycles. The fourth-order valence-electron chi connectivity index (χ4n) is 3.64. The summed E-state index contributed by atoms with van der Waals surface area (Å²) < 4.78 is 15.8. The topological polar surface area (TPSA) is 94.2 Å². The second kappa shape index (κ2) is 11.7. The molecule has 178 valence electrons. The van der Waals surface area contributed by atoms with Gasteiger partial charge in [0, 0.05) is 17.0 Å². The van der Waals surface area contributed by atoms with Crippen molar-refractivity contribution in [3.8, 4) is 5.75 Å². The maximum Gasteiger partial charge on any atom is 0.409 e. The smallest absolute Gasteiger partial charge is 0.409 e. The number of rotatable bonds is 9. The molecule has 0 aliphatic carbocycles. The van der Waals surface area contributed by atoms with Crippen molar-refractivity contribution in [1.82, 2.24) is 4.90 Å². The summed E-state index contributed by atoms with van der Waals surface area (Å²) in [5.41, 5.74) is 1.60. The predicted molar refractivity (Wildman–Crippen MR) is 126 cm³/mol. The number of benzene rings is 1. The quantitative estimate of drug-likeness (QED) is 0.412. The van der Waals surface area contributed by atoms with E-state index >= 15 is 0 Å². The molecule has 1 aliphatic heterocycles. The maximum absolute atomic E-state index is 13.0. The summed E-state index contributed by atoms with van der Waals surface area (Å²) in [7, 11) is 1.34. The molecule has 8 nitrogen and oxygen atoms in total. The van der Waals surface area contributed by atoms with Gasteiger partial charge < -0.3 is 24.4 Å². The molecular formula is C24H30N2O6S. The van der Waals surface area contributed by atoms with Crippen molar-refractivity contribution in [1.29, 1.82) is 0 Å². The van der Waals surface area contributed by atoms with Gasteiger partial charge in [-0.05, 0) is 43.5 Å². The van der Waals surface area contributed by atoms with E-state index < -0.39 is 12.1 Å². The van der Waals surface area contributed by atoms with Gasteiger partial charge in [0.2, 0.25) is 0 Å². The molecule has 1 aromatic carbocycles. The number of nitrogens with zero attached hydrogens (tertiary/aromatic N) is 1. The number of unbranched alkanes of at least 4 members (excludes halogenated alkanes) is 2. The van der Waals surface area contributed by atoms with Crippen LogP contribution in [0.2, 0.25) is 0 Å². The fourth-order valence-corrected chi connectivity index (χ4v) is 4.89. The largest absolute Gasteiger partial charge is 0.494 e. The van der Waals surface area contributed by atoms with Crippen LogP contribution in [-0.2, 0) is 22.4 Å². The molecule has 0 unspecified atom stereocenters. The third-order valence-corrected chi connectivity index (χ3v) is 6.44. The summed E-state index contributed by atoms with van der Waals surface area (Å²) >= 11 is 1.28. The molecule has 0 atom stereocenters. The summed E-state index contributed by atoms with van der Waals surface area (Å²) in [4.78, 5) is 40.1. The van der Waals surface area contributed by atoms with E-state index in [1.807, 2.05) is 6.07 Å². The molecule has 0 spiro atoms. The molecule has 0 fully saturated rings. The van der Waals surface area contributed by atoms with Crippen molar-refractivity contribution in [2.45, 2.75) is 46.1 Å². The van der Waals surface area contributed by atoms with Gasteiger partial charge in [-0.25, -0.2) is 9.59 Å². The van der Waals surface area contributed by atoms with E-state index in [1.165, 1.54) is 18.4 Å². The van der Waals surface area contributed by atoms with E-state index in [0.29, 0.717) is 48.0 Å². The molecule has 3 rings (SSSR count). The standard InChI is InChI=1S/C24H30N2O6S/c1-4-6-7-13-32-17-10-8-9-16(14-17)21(27)25-22-20(23(28)31-5-2)18-11-12-26(24(29)30-3)15-19(18)33-22/h8-10,14H,4-7,11-13,15H2,1-3H3,(H,25,27). The Balaban J connectivity index is 1.81. The van der Waals surface area contributed by atoms with E-state index in [1.54, 1.807) is 30.0 Å². The number of nitrogens with one attached hydrogen (secondary N) is 1. The van der Waals surface area contributed by atoms with E-state index in [0.717, 1.165) is 29.7 Å². The van der Waals surface area contributed by atoms with Crippen LogP contribution < -0.4 is 10.1 Å². The lowest BCUT2D eigenvalue weighted by molar-refractivity contribution is 0.0526. The molecule has 2 amide bonds. The lowest BCUT2D eigenvalue weighted by atomic mass is 10.0. The number of ether oxygens (including phenoxy) is 3. The van der Waals surface area contributed by atoms with E-state index in [-0.39, 0.29) is 12.5 Å². The van der Waals surface area contributed by atoms with Crippen molar-refractivity contribution in [3.63, 3.8) is 0 Å². The second-order valence-electron chi connectivity index (χ2n) is 7.61. The molecule has 0 saturated heterocycles. The first-order valence-corrected chi connectivity index (χ1v) is 12.0. The molecule has 0 radical (unpaired) electrons. The van der Waals surface area contributed by atoms with E-state index in [2.05, 4.69) is 12.2 Å². The number of esters is 1. The van der Waals surface area contributed by atoms with Gasteiger partial charge >= 0.3 is 12.1 Å². The van der Waals surface area contributed by atoms with Gasteiger partial charge in [-0.15, -0.1) is 11.3 Å². The van der Waals surface area contributed by atoms with Gasteiger partial charge in [-0.1, -0.05) is 25.8 Å². The summed E-state index contributed by atoms with van der Waals surface area (Å²) in [6, 6.07) is 6.98. The van der Waals surface area contributed by atoms with Gasteiger partial charge in [0.15, 0.2) is 0 Å². The summed E-state index contributed by atoms with van der Waals surface area (Å²) in [5.74, 6) is -0.198. The molecule has 2 heterocycles. The van der Waals surface area contributed by atoms with Crippen molar-refractivity contribution in [2.24, 2.45) is 0 Å². The molecule has 2 aromatic rings. The molecule has 33 heavy (non-hydrogen) atoms. The average Bonchev–Trinajstić information content (AvgIpc) is 3.18. The van der Waals surface area contributed by atoms with Crippen LogP contribution in [0.1, 0.15) is 64.3 Å². The zero-order valence-corrected chi connectivity index (χ0v) is 20.1. The number of methoxy groups -OCH3 is 1. The van der Waals surface area contributed by atoms with Crippen LogP contribution in [-0.4, -0.2) is 49.7 Å². The highest BCUT2D eigenvalue weighted by atomic mass is 32.1. The monoisotopic (exact) mass is 474 g/mol. The molecule has 9 heteroatoms. The number of carbonyl (C=O) groups is 3. The number of amides is 2. The number of hydrogen-bond acceptors (Lipinski definition) is 7. The Bertz CT molecular complexity index is 1000. The third kappa shape index (κ3) is 6.04. The number of carbonyl (C=O) groups excluding carboxylic acids is 3. The van der Waals surface area contributed by atoms with Gasteiger partial charge in [-0.2, -0.15) is 0 Å². The van der Waals surface area contributed by atoms with Crippen LogP contribution in [0.5, 0.6) is 5.75 Å². The highest BCUT2D eigenvalue weighted by Crippen LogP contribution is 2.38. The number of fused-ring (bicyclic) bond motifs is 1. The minimum absolute atomic E-state index is 0.225. The van der Waals surface area contributed by atoms with Crippen molar-refractivity contribution in [3.05, 3.63) is 45.8 Å². The second-order valence-corrected chi connectivity index (χ2v) is 8.71. The van der Waals surface area contributed by atoms with E-state index in [9.17, 15) is 14.4 Å². The van der Waals surface area contributed by atoms with Gasteiger partial charge in [-0.3, -0.25) is 4.79 Å². The maximum atomic E-state index is 13.0. The van der Waals surface area contributed by atoms with Crippen LogP contribution >= 0.6 is 11.3 Å². The fraction of sp³-hybridized carbons (Fsp3) is 0.458. The lowest BCUT2D eigenvalue weighted by Crippen LogP contribution is -2.35. The SMILES string of the molecule is CCCCCOc1cccc(C(=O)Nc2sc3c(c2C(=O)OCC)CCN(C(=O)OC)C3)c1. The van der Waals surface area contributed by atoms with Gasteiger partial charge in [0.1, 0.15) is 10.8 Å². The minimum atomic E-state index is -0.482. The lowest BCUT2D eigenvalue weighted by Gasteiger charge is -2.25. The zero-order chi connectivity index (χ0) is 23.8. The third-order valence-electron chi connectivity index (χ3n) is 5.31. The Morgan fingerprint density at radius 1 is 1.18 bits per heavy atom. The van der Waals surface area contributed by atoms with Crippen molar-refractivity contribution < 1.29 is 28.6 Å². The summed E-state index contributed by atoms with van der Waals surface area (Å²) in [6.45, 7) is 5.43. The first-order chi connectivity index (χ1) is 16.0. The van der Waals surface area contributed by atoms with Crippen LogP contribution in [0.4, 0.5) is 9.80 Å². The van der Waals surface area contributed by atoms with Gasteiger partial charge in [0.05, 0.1) is 32.4 Å². The predicted octanol–water partition coefficient (Wildman–Crippen LogP) is 4.87. The van der Waals surface area contributed by atoms with Crippen molar-refractivity contribution in [2.75, 3.05) is 32.2 Å². The van der Waals surface area contributed by atoms with E-state index in [4.69, 9.17) is 14.2 Å². The number of thiophene rings is 1. The first kappa shape index (κ1) is 24.6. The average molecular weight is 475 g/mol. The highest BCUT2D eigenvalue weighted by Gasteiger charge is 2.31. The Labute approximate surface area is 197 Å². The molecule has 1 N–H and O–H groups in total. The summed E-state index contributed by atoms with van der Waals surface area (Å²) in [5, 5.41) is 3.29. The first-order valence-electron chi connectivity index (χ1n) is 11.2. The number of anilines is 1. The van der Waals surface area contributed by atoms with Crippen LogP contribution in [0.25, 0.3) is 0 Å². The van der Waals surface area contributed by atoms with Crippen molar-refractivity contribution >= 4 is 34.3 Å². The highest BCUT2D eigenvalue weighted by molar-refractivity contribution is 7.17. The Kier molecular flexibility index (Phi) is 8.71. The number of hydrogen-bond donors (Lipinski definition) is 1. The Hall–Kier alpha value is -3.07. The molecule has 0 saturated carbocycles. The zero-order valence-electron chi connectivity index (χ0n) is 19.3. The van der Waals surface area contributed by atoms with Crippen LogP contribution in [0, 0.1) is 0 Å². The summed E-state index contributed by atoms with van der Waals surface area (Å²) in [6.07, 6.45) is 3.21.